The highest BCUT2D eigenvalue weighted by molar-refractivity contribution is 7.99. The number of amides is 1. The van der Waals surface area contributed by atoms with Crippen LogP contribution in [0.3, 0.4) is 0 Å². The fourth-order valence-corrected chi connectivity index (χ4v) is 3.80. The molecule has 1 aliphatic heterocycles. The van der Waals surface area contributed by atoms with Gasteiger partial charge in [-0.1, -0.05) is 23.4 Å². The van der Waals surface area contributed by atoms with Crippen molar-refractivity contribution < 1.29 is 9.18 Å². The number of rotatable bonds is 5. The molecule has 1 aliphatic rings. The van der Waals surface area contributed by atoms with Crippen LogP contribution < -0.4 is 10.2 Å². The number of thioether (sulfide) groups is 1. The van der Waals surface area contributed by atoms with Crippen LogP contribution in [0.4, 0.5) is 15.9 Å². The summed E-state index contributed by atoms with van der Waals surface area (Å²) in [6.45, 7) is 3.19. The Labute approximate surface area is 161 Å². The molecule has 1 aromatic carbocycles. The fraction of sp³-hybridized carbons (Fsp3) is 0.389. The molecule has 138 valence electrons. The number of carbonyl (C=O) groups is 1. The molecule has 0 radical (unpaired) electrons. The van der Waals surface area contributed by atoms with Gasteiger partial charge in [-0.05, 0) is 44.4 Å². The third-order valence-corrected chi connectivity index (χ3v) is 5.52. The van der Waals surface area contributed by atoms with E-state index in [0.29, 0.717) is 11.7 Å². The molecule has 1 amide bonds. The van der Waals surface area contributed by atoms with Crippen molar-refractivity contribution in [3.63, 3.8) is 0 Å². The summed E-state index contributed by atoms with van der Waals surface area (Å²) < 4.78 is 13.1. The van der Waals surface area contributed by atoms with E-state index >= 15 is 0 Å². The first-order valence-electron chi connectivity index (χ1n) is 8.49. The minimum atomic E-state index is -0.442. The Hall–Kier alpha value is -1.86. The van der Waals surface area contributed by atoms with E-state index in [-0.39, 0.29) is 16.7 Å². The van der Waals surface area contributed by atoms with Gasteiger partial charge in [0, 0.05) is 18.7 Å². The van der Waals surface area contributed by atoms with Gasteiger partial charge in [-0.25, -0.2) is 14.4 Å². The number of halogens is 2. The molecule has 0 aliphatic carbocycles. The summed E-state index contributed by atoms with van der Waals surface area (Å²) in [6, 6.07) is 6.25. The number of nitrogens with zero attached hydrogens (tertiary/aromatic N) is 3. The van der Waals surface area contributed by atoms with Crippen molar-refractivity contribution in [3.8, 4) is 0 Å². The molecule has 3 rings (SSSR count). The van der Waals surface area contributed by atoms with Gasteiger partial charge in [-0.3, -0.25) is 4.79 Å². The summed E-state index contributed by atoms with van der Waals surface area (Å²) in [5, 5.41) is 3.60. The van der Waals surface area contributed by atoms with E-state index in [0.717, 1.165) is 30.2 Å². The minimum absolute atomic E-state index is 0.173. The molecule has 1 aromatic heterocycles. The van der Waals surface area contributed by atoms with Crippen LogP contribution in [0, 0.1) is 5.82 Å². The van der Waals surface area contributed by atoms with E-state index < -0.39 is 5.82 Å². The Morgan fingerprint density at radius 1 is 1.38 bits per heavy atom. The van der Waals surface area contributed by atoms with Gasteiger partial charge in [-0.2, -0.15) is 0 Å². The Kier molecular flexibility index (Phi) is 6.32. The molecule has 0 bridgehead atoms. The molecule has 1 atom stereocenters. The third kappa shape index (κ3) is 4.86. The van der Waals surface area contributed by atoms with Crippen LogP contribution in [-0.4, -0.2) is 34.2 Å². The lowest BCUT2D eigenvalue weighted by atomic mass is 10.0. The summed E-state index contributed by atoms with van der Waals surface area (Å²) in [4.78, 5) is 23.0. The molecule has 2 aromatic rings. The number of piperidine rings is 1. The first-order chi connectivity index (χ1) is 12.5. The second-order valence-corrected chi connectivity index (χ2v) is 7.62. The zero-order valence-corrected chi connectivity index (χ0v) is 16.0. The van der Waals surface area contributed by atoms with Crippen molar-refractivity contribution in [1.29, 1.82) is 0 Å². The standard InChI is InChI=1S/C18H20ClFN4OS/c1-12-4-2-3-7-24(12)16-9-18(22-11-21-16)26-10-17(25)23-15-6-5-13(20)8-14(15)19/h5-6,8-9,11-12H,2-4,7,10H2,1H3,(H,23,25)/t12-/m1/s1. The van der Waals surface area contributed by atoms with Crippen LogP contribution in [0.5, 0.6) is 0 Å². The smallest absolute Gasteiger partial charge is 0.234 e. The van der Waals surface area contributed by atoms with Crippen molar-refractivity contribution >= 4 is 40.8 Å². The highest BCUT2D eigenvalue weighted by Gasteiger charge is 2.20. The van der Waals surface area contributed by atoms with Gasteiger partial charge in [0.25, 0.3) is 0 Å². The largest absolute Gasteiger partial charge is 0.354 e. The number of anilines is 2. The molecule has 0 spiro atoms. The number of nitrogens with one attached hydrogen (secondary N) is 1. The van der Waals surface area contributed by atoms with Gasteiger partial charge in [0.2, 0.25) is 5.91 Å². The molecule has 1 N–H and O–H groups in total. The maximum absolute atomic E-state index is 13.1. The molecule has 8 heteroatoms. The maximum atomic E-state index is 13.1. The monoisotopic (exact) mass is 394 g/mol. The van der Waals surface area contributed by atoms with Gasteiger partial charge >= 0.3 is 0 Å². The highest BCUT2D eigenvalue weighted by atomic mass is 35.5. The number of aromatic nitrogens is 2. The molecule has 0 unspecified atom stereocenters. The molecule has 1 fully saturated rings. The normalized spacial score (nSPS) is 17.2. The van der Waals surface area contributed by atoms with Crippen molar-refractivity contribution in [2.45, 2.75) is 37.3 Å². The second kappa shape index (κ2) is 8.68. The van der Waals surface area contributed by atoms with Crippen LogP contribution in [-0.2, 0) is 4.79 Å². The van der Waals surface area contributed by atoms with Gasteiger partial charge in [0.1, 0.15) is 23.0 Å². The number of benzene rings is 1. The topological polar surface area (TPSA) is 58.1 Å². The average Bonchev–Trinajstić information content (AvgIpc) is 2.63. The van der Waals surface area contributed by atoms with E-state index in [1.807, 2.05) is 6.07 Å². The summed E-state index contributed by atoms with van der Waals surface area (Å²) >= 11 is 7.25. The summed E-state index contributed by atoms with van der Waals surface area (Å²) in [5.74, 6) is 0.411. The van der Waals surface area contributed by atoms with Crippen LogP contribution in [0.2, 0.25) is 5.02 Å². The zero-order chi connectivity index (χ0) is 18.5. The van der Waals surface area contributed by atoms with E-state index in [9.17, 15) is 9.18 Å². The number of hydrogen-bond acceptors (Lipinski definition) is 5. The van der Waals surface area contributed by atoms with Gasteiger partial charge in [0.15, 0.2) is 0 Å². The molecular formula is C18H20ClFN4OS. The lowest BCUT2D eigenvalue weighted by Gasteiger charge is -2.34. The molecule has 1 saturated heterocycles. The predicted molar refractivity (Wildman–Crippen MR) is 103 cm³/mol. The maximum Gasteiger partial charge on any atom is 0.234 e. The van der Waals surface area contributed by atoms with E-state index in [2.05, 4.69) is 27.1 Å². The van der Waals surface area contributed by atoms with Crippen molar-refractivity contribution in [3.05, 3.63) is 41.4 Å². The predicted octanol–water partition coefficient (Wildman–Crippen LogP) is 4.38. The minimum Gasteiger partial charge on any atom is -0.354 e. The zero-order valence-electron chi connectivity index (χ0n) is 14.4. The number of carbonyl (C=O) groups excluding carboxylic acids is 1. The molecule has 5 nitrogen and oxygen atoms in total. The van der Waals surface area contributed by atoms with Crippen LogP contribution in [0.15, 0.2) is 35.6 Å². The average molecular weight is 395 g/mol. The Morgan fingerprint density at radius 2 is 2.23 bits per heavy atom. The van der Waals surface area contributed by atoms with Crippen LogP contribution >= 0.6 is 23.4 Å². The van der Waals surface area contributed by atoms with E-state index in [1.54, 1.807) is 0 Å². The van der Waals surface area contributed by atoms with Crippen LogP contribution in [0.1, 0.15) is 26.2 Å². The SMILES string of the molecule is C[C@@H]1CCCCN1c1cc(SCC(=O)Nc2ccc(F)cc2Cl)ncn1. The van der Waals surface area contributed by atoms with Crippen LogP contribution in [0.25, 0.3) is 0 Å². The second-order valence-electron chi connectivity index (χ2n) is 6.21. The fourth-order valence-electron chi connectivity index (χ4n) is 2.92. The lowest BCUT2D eigenvalue weighted by molar-refractivity contribution is -0.113. The third-order valence-electron chi connectivity index (χ3n) is 4.28. The van der Waals surface area contributed by atoms with Crippen molar-refractivity contribution in [1.82, 2.24) is 9.97 Å². The van der Waals surface area contributed by atoms with E-state index in [1.165, 1.54) is 42.7 Å². The summed E-state index contributed by atoms with van der Waals surface area (Å²) in [6.07, 6.45) is 5.11. The first-order valence-corrected chi connectivity index (χ1v) is 9.85. The summed E-state index contributed by atoms with van der Waals surface area (Å²) in [5.41, 5.74) is 0.393. The Bertz CT molecular complexity index is 792. The van der Waals surface area contributed by atoms with Gasteiger partial charge in [-0.15, -0.1) is 0 Å². The molecule has 0 saturated carbocycles. The summed E-state index contributed by atoms with van der Waals surface area (Å²) in [7, 11) is 0. The number of hydrogen-bond donors (Lipinski definition) is 1. The van der Waals surface area contributed by atoms with Gasteiger partial charge < -0.3 is 10.2 Å². The van der Waals surface area contributed by atoms with Gasteiger partial charge in [0.05, 0.1) is 16.5 Å². The highest BCUT2D eigenvalue weighted by Crippen LogP contribution is 2.26. The van der Waals surface area contributed by atoms with Crippen molar-refractivity contribution in [2.75, 3.05) is 22.5 Å². The van der Waals surface area contributed by atoms with E-state index in [4.69, 9.17) is 11.6 Å². The molecule has 26 heavy (non-hydrogen) atoms. The molecular weight excluding hydrogens is 375 g/mol. The van der Waals surface area contributed by atoms with Crippen molar-refractivity contribution in [2.24, 2.45) is 0 Å². The molecule has 2 heterocycles. The Balaban J connectivity index is 1.59. The quantitative estimate of drug-likeness (QED) is 0.602. The first kappa shape index (κ1) is 18.9. The Morgan fingerprint density at radius 3 is 3.00 bits per heavy atom. The lowest BCUT2D eigenvalue weighted by Crippen LogP contribution is -2.38.